The van der Waals surface area contributed by atoms with E-state index >= 15 is 0 Å². The average molecular weight is 139 g/mol. The van der Waals surface area contributed by atoms with Gasteiger partial charge in [-0.3, -0.25) is 10.6 Å². The Bertz CT molecular complexity index is 186. The molecule has 0 aromatic rings. The molecule has 0 aromatic carbocycles. The van der Waals surface area contributed by atoms with Crippen LogP contribution in [0.15, 0.2) is 4.99 Å². The Morgan fingerprint density at radius 3 is 2.80 bits per heavy atom. The van der Waals surface area contributed by atoms with E-state index in [-0.39, 0.29) is 0 Å². The predicted octanol–water partition coefficient (Wildman–Crippen LogP) is -1.41. The van der Waals surface area contributed by atoms with Crippen LogP contribution in [0.1, 0.15) is 0 Å². The van der Waals surface area contributed by atoms with Crippen LogP contribution < -0.4 is 10.6 Å². The van der Waals surface area contributed by atoms with Gasteiger partial charge in [-0.25, -0.2) is 4.58 Å². The predicted molar refractivity (Wildman–Crippen MR) is 39.5 cm³/mol. The molecule has 0 aliphatic carbocycles. The molecule has 0 saturated carbocycles. The van der Waals surface area contributed by atoms with Crippen molar-refractivity contribution in [2.45, 2.75) is 0 Å². The van der Waals surface area contributed by atoms with Gasteiger partial charge in [0.1, 0.15) is 6.54 Å². The molecule has 2 aliphatic rings. The maximum absolute atomic E-state index is 4.11. The van der Waals surface area contributed by atoms with Crippen LogP contribution in [-0.2, 0) is 0 Å². The number of hydrogen-bond acceptors (Lipinski definition) is 1. The van der Waals surface area contributed by atoms with Gasteiger partial charge in [0.2, 0.25) is 0 Å². The molecule has 2 rings (SSSR count). The van der Waals surface area contributed by atoms with E-state index in [1.54, 1.807) is 0 Å². The Kier molecular flexibility index (Phi) is 1.30. The first kappa shape index (κ1) is 5.70. The molecular formula is C6H11N4+. The van der Waals surface area contributed by atoms with Gasteiger partial charge in [-0.1, -0.05) is 0 Å². The first-order chi connectivity index (χ1) is 4.97. The minimum absolute atomic E-state index is 0.923. The van der Waals surface area contributed by atoms with Crippen LogP contribution in [0.25, 0.3) is 0 Å². The Hall–Kier alpha value is -1.06. The van der Waals surface area contributed by atoms with Gasteiger partial charge in [0.25, 0.3) is 0 Å². The second-order valence-electron chi connectivity index (χ2n) is 2.42. The summed E-state index contributed by atoms with van der Waals surface area (Å²) < 4.78 is 2.10. The van der Waals surface area contributed by atoms with E-state index in [2.05, 4.69) is 20.2 Å². The van der Waals surface area contributed by atoms with E-state index in [4.69, 9.17) is 0 Å². The zero-order valence-corrected chi connectivity index (χ0v) is 5.80. The minimum Gasteiger partial charge on any atom is -0.294 e. The third kappa shape index (κ3) is 0.853. The third-order valence-electron chi connectivity index (χ3n) is 1.69. The maximum atomic E-state index is 4.11. The first-order valence-electron chi connectivity index (χ1n) is 3.58. The van der Waals surface area contributed by atoms with Crippen molar-refractivity contribution in [2.24, 2.45) is 4.99 Å². The zero-order chi connectivity index (χ0) is 6.81. The van der Waals surface area contributed by atoms with Crippen molar-refractivity contribution in [3.63, 3.8) is 0 Å². The summed E-state index contributed by atoms with van der Waals surface area (Å²) >= 11 is 0. The molecule has 2 heterocycles. The molecule has 1 fully saturated rings. The highest BCUT2D eigenvalue weighted by Crippen LogP contribution is 1.86. The summed E-state index contributed by atoms with van der Waals surface area (Å²) in [6.07, 6.45) is 1.88. The molecule has 10 heavy (non-hydrogen) atoms. The van der Waals surface area contributed by atoms with E-state index in [1.165, 1.54) is 0 Å². The Morgan fingerprint density at radius 1 is 1.40 bits per heavy atom. The van der Waals surface area contributed by atoms with Gasteiger partial charge >= 0.3 is 5.96 Å². The van der Waals surface area contributed by atoms with Crippen LogP contribution in [0.2, 0.25) is 0 Å². The average Bonchev–Trinajstić information content (AvgIpc) is 2.59. The van der Waals surface area contributed by atoms with Gasteiger partial charge in [0.05, 0.1) is 19.6 Å². The lowest BCUT2D eigenvalue weighted by atomic mass is 10.6. The summed E-state index contributed by atoms with van der Waals surface area (Å²) in [5.74, 6) is 1.11. The van der Waals surface area contributed by atoms with Crippen molar-refractivity contribution in [2.75, 3.05) is 26.2 Å². The van der Waals surface area contributed by atoms with Crippen LogP contribution in [0.5, 0.6) is 0 Å². The summed E-state index contributed by atoms with van der Waals surface area (Å²) in [7, 11) is 0. The molecule has 4 heteroatoms. The lowest BCUT2D eigenvalue weighted by Crippen LogP contribution is -2.34. The largest absolute Gasteiger partial charge is 0.309 e. The molecule has 54 valence electrons. The topological polar surface area (TPSA) is 39.4 Å². The summed E-state index contributed by atoms with van der Waals surface area (Å²) in [5.41, 5.74) is 0. The minimum atomic E-state index is 0.923. The van der Waals surface area contributed by atoms with Crippen molar-refractivity contribution in [3.8, 4) is 0 Å². The lowest BCUT2D eigenvalue weighted by Gasteiger charge is -1.96. The quantitative estimate of drug-likeness (QED) is 0.405. The van der Waals surface area contributed by atoms with Crippen LogP contribution in [0.3, 0.4) is 0 Å². The highest BCUT2D eigenvalue weighted by Gasteiger charge is 2.16. The molecule has 0 bridgehead atoms. The molecule has 2 N–H and O–H groups in total. The fraction of sp³-hybridized carbons (Fsp3) is 0.667. The fourth-order valence-electron chi connectivity index (χ4n) is 1.18. The van der Waals surface area contributed by atoms with Crippen molar-refractivity contribution in [1.82, 2.24) is 10.6 Å². The molecule has 2 aliphatic heterocycles. The van der Waals surface area contributed by atoms with E-state index in [0.29, 0.717) is 0 Å². The molecule has 0 radical (unpaired) electrons. The molecule has 1 saturated heterocycles. The lowest BCUT2D eigenvalue weighted by molar-refractivity contribution is -0.389. The van der Waals surface area contributed by atoms with Crippen molar-refractivity contribution >= 4 is 12.3 Å². The molecule has 0 atom stereocenters. The Morgan fingerprint density at radius 2 is 2.20 bits per heavy atom. The Labute approximate surface area is 59.7 Å². The summed E-state index contributed by atoms with van der Waals surface area (Å²) in [5, 5.41) is 6.48. The zero-order valence-electron chi connectivity index (χ0n) is 5.80. The standard InChI is InChI=1S/C6H10N4/c1-2-9-6(8-1)10-4-3-7-5-10/h5H,1-4H2,(H,8,9)/p+1. The number of rotatable bonds is 0. The van der Waals surface area contributed by atoms with Gasteiger partial charge in [0, 0.05) is 0 Å². The van der Waals surface area contributed by atoms with E-state index in [0.717, 1.165) is 32.1 Å². The smallest absolute Gasteiger partial charge is 0.294 e. The maximum Gasteiger partial charge on any atom is 0.309 e. The molecule has 4 nitrogen and oxygen atoms in total. The first-order valence-corrected chi connectivity index (χ1v) is 3.58. The van der Waals surface area contributed by atoms with Crippen LogP contribution in [0.4, 0.5) is 0 Å². The molecule has 0 amide bonds. The van der Waals surface area contributed by atoms with Crippen LogP contribution >= 0.6 is 0 Å². The highest BCUT2D eigenvalue weighted by molar-refractivity contribution is 5.79. The normalized spacial score (nSPS) is 23.2. The third-order valence-corrected chi connectivity index (χ3v) is 1.69. The van der Waals surface area contributed by atoms with E-state index in [9.17, 15) is 0 Å². The fourth-order valence-corrected chi connectivity index (χ4v) is 1.18. The van der Waals surface area contributed by atoms with Gasteiger partial charge in [-0.2, -0.15) is 4.99 Å². The number of nitrogens with zero attached hydrogens (tertiary/aromatic N) is 2. The Balaban J connectivity index is 2.18. The molecule has 0 aromatic heterocycles. The monoisotopic (exact) mass is 139 g/mol. The van der Waals surface area contributed by atoms with Gasteiger partial charge in [-0.05, 0) is 0 Å². The van der Waals surface area contributed by atoms with Crippen molar-refractivity contribution < 1.29 is 4.58 Å². The summed E-state index contributed by atoms with van der Waals surface area (Å²) in [6, 6.07) is 0. The SMILES string of the molecule is C1=NCC[N+]1=C1NCCN1. The van der Waals surface area contributed by atoms with Crippen molar-refractivity contribution in [3.05, 3.63) is 0 Å². The van der Waals surface area contributed by atoms with Gasteiger partial charge in [0.15, 0.2) is 6.34 Å². The molecule has 0 unspecified atom stereocenters. The van der Waals surface area contributed by atoms with Crippen LogP contribution in [0, 0.1) is 0 Å². The van der Waals surface area contributed by atoms with Gasteiger partial charge < -0.3 is 0 Å². The number of hydrogen-bond donors (Lipinski definition) is 2. The van der Waals surface area contributed by atoms with Crippen molar-refractivity contribution in [1.29, 1.82) is 0 Å². The highest BCUT2D eigenvalue weighted by atomic mass is 15.3. The van der Waals surface area contributed by atoms with Gasteiger partial charge in [-0.15, -0.1) is 0 Å². The molecular weight excluding hydrogens is 128 g/mol. The second kappa shape index (κ2) is 2.28. The summed E-state index contributed by atoms with van der Waals surface area (Å²) in [6.45, 7) is 3.99. The van der Waals surface area contributed by atoms with E-state index < -0.39 is 0 Å². The number of aliphatic imine (C=N–C) groups is 1. The summed E-state index contributed by atoms with van der Waals surface area (Å²) in [4.78, 5) is 4.11. The van der Waals surface area contributed by atoms with E-state index in [1.807, 2.05) is 6.34 Å². The number of nitrogens with one attached hydrogen (secondary N) is 2. The van der Waals surface area contributed by atoms with Crippen LogP contribution in [-0.4, -0.2) is 43.1 Å². The second-order valence-corrected chi connectivity index (χ2v) is 2.42. The number of guanidine groups is 1. The molecule has 0 spiro atoms.